The molecule has 0 aliphatic heterocycles. The van der Waals surface area contributed by atoms with Crippen LogP contribution in [0.2, 0.25) is 0 Å². The summed E-state index contributed by atoms with van der Waals surface area (Å²) in [5.74, 6) is 0. The highest BCUT2D eigenvalue weighted by atomic mass is 31.2. The summed E-state index contributed by atoms with van der Waals surface area (Å²) < 4.78 is 0. The summed E-state index contributed by atoms with van der Waals surface area (Å²) in [7, 11) is -1.16. The molecule has 84 valence electrons. The maximum absolute atomic E-state index is 6.03. The summed E-state index contributed by atoms with van der Waals surface area (Å²) in [6.45, 7) is 15.6. The molecule has 3 unspecified atom stereocenters. The summed E-state index contributed by atoms with van der Waals surface area (Å²) in [4.78, 5) is 0. The van der Waals surface area contributed by atoms with Crippen molar-refractivity contribution in [2.45, 2.75) is 58.3 Å². The predicted molar refractivity (Wildman–Crippen MR) is 70.3 cm³/mol. The number of hydrogen-bond acceptors (Lipinski definition) is 1. The van der Waals surface area contributed by atoms with Crippen LogP contribution < -0.4 is 5.73 Å². The minimum atomic E-state index is -1.16. The average molecular weight is 216 g/mol. The molecule has 0 aliphatic rings. The van der Waals surface area contributed by atoms with Gasteiger partial charge in [-0.1, -0.05) is 20.3 Å². The molecule has 0 saturated heterocycles. The zero-order valence-corrected chi connectivity index (χ0v) is 11.4. The van der Waals surface area contributed by atoms with Gasteiger partial charge in [0.1, 0.15) is 5.44 Å². The van der Waals surface area contributed by atoms with Crippen LogP contribution in [-0.2, 0) is 0 Å². The molecule has 0 radical (unpaired) electrons. The van der Waals surface area contributed by atoms with Gasteiger partial charge in [0.2, 0.25) is 0 Å². The van der Waals surface area contributed by atoms with Crippen LogP contribution in [0.1, 0.15) is 47.0 Å². The molecular weight excluding hydrogens is 189 g/mol. The van der Waals surface area contributed by atoms with Gasteiger partial charge in [0.15, 0.2) is 0 Å². The zero-order chi connectivity index (χ0) is 11.4. The van der Waals surface area contributed by atoms with Gasteiger partial charge in [0.25, 0.3) is 0 Å². The fourth-order valence-electron chi connectivity index (χ4n) is 2.07. The second-order valence-corrected chi connectivity index (χ2v) is 9.17. The molecule has 0 aliphatic carbocycles. The Morgan fingerprint density at radius 2 is 1.79 bits per heavy atom. The van der Waals surface area contributed by atoms with Crippen molar-refractivity contribution in [2.24, 2.45) is 5.73 Å². The average Bonchev–Trinajstić information content (AvgIpc) is 2.15. The lowest BCUT2D eigenvalue weighted by atomic mass is 10.3. The predicted octanol–water partition coefficient (Wildman–Crippen LogP) is 4.05. The Balaban J connectivity index is 4.79. The van der Waals surface area contributed by atoms with E-state index >= 15 is 0 Å². The third-order valence-electron chi connectivity index (χ3n) is 3.75. The van der Waals surface area contributed by atoms with Gasteiger partial charge in [0.05, 0.1) is 25.2 Å². The quantitative estimate of drug-likeness (QED) is 0.666. The van der Waals surface area contributed by atoms with Crippen molar-refractivity contribution in [1.82, 2.24) is 0 Å². The molecule has 0 aromatic rings. The van der Waals surface area contributed by atoms with Crippen LogP contribution in [0.5, 0.6) is 0 Å². The minimum Gasteiger partial charge on any atom is -0.371 e. The van der Waals surface area contributed by atoms with Crippen LogP contribution in [0.3, 0.4) is 0 Å². The lowest BCUT2D eigenvalue weighted by Gasteiger charge is -2.33. The molecule has 0 amide bonds. The van der Waals surface area contributed by atoms with E-state index in [1.165, 1.54) is 19.3 Å². The van der Waals surface area contributed by atoms with Gasteiger partial charge < -0.3 is 5.73 Å². The molecule has 0 bridgehead atoms. The van der Waals surface area contributed by atoms with Gasteiger partial charge in [0, 0.05) is 0 Å². The van der Waals surface area contributed by atoms with E-state index in [1.54, 1.807) is 0 Å². The van der Waals surface area contributed by atoms with E-state index in [0.717, 1.165) is 16.8 Å². The highest BCUT2D eigenvalue weighted by molar-refractivity contribution is 7.80. The molecule has 1 nitrogen and oxygen atoms in total. The van der Waals surface area contributed by atoms with Crippen molar-refractivity contribution in [3.8, 4) is 0 Å². The highest BCUT2D eigenvalue weighted by Crippen LogP contribution is 2.69. The maximum Gasteiger partial charge on any atom is 0.147 e. The fraction of sp³-hybridized carbons (Fsp3) is 0.833. The molecule has 0 fully saturated rings. The van der Waals surface area contributed by atoms with E-state index in [-0.39, 0.29) is 0 Å². The van der Waals surface area contributed by atoms with Gasteiger partial charge in [-0.2, -0.15) is 0 Å². The molecule has 0 aromatic carbocycles. The SMILES string of the molecule is C=C(N)[P+](C)(C(C)CC)C(C)CCC. The standard InChI is InChI=1S/C12H27NP/c1-7-9-11(4)14(6,12(5)13)10(3)8-2/h10-11H,5,7-9,13H2,1-4,6H3/q+1. The van der Waals surface area contributed by atoms with Crippen molar-refractivity contribution in [3.63, 3.8) is 0 Å². The van der Waals surface area contributed by atoms with E-state index in [4.69, 9.17) is 5.73 Å². The summed E-state index contributed by atoms with van der Waals surface area (Å²) in [5.41, 5.74) is 8.46. The Morgan fingerprint density at radius 1 is 1.29 bits per heavy atom. The molecule has 2 N–H and O–H groups in total. The smallest absolute Gasteiger partial charge is 0.147 e. The van der Waals surface area contributed by atoms with Crippen LogP contribution in [-0.4, -0.2) is 18.0 Å². The van der Waals surface area contributed by atoms with Gasteiger partial charge in [-0.15, -0.1) is 0 Å². The molecule has 14 heavy (non-hydrogen) atoms. The zero-order valence-electron chi connectivity index (χ0n) is 10.5. The monoisotopic (exact) mass is 216 g/mol. The van der Waals surface area contributed by atoms with E-state index in [1.807, 2.05) is 0 Å². The van der Waals surface area contributed by atoms with Gasteiger partial charge in [-0.05, 0) is 33.3 Å². The third-order valence-corrected chi connectivity index (χ3v) is 9.27. The maximum atomic E-state index is 6.03. The molecule has 2 heteroatoms. The third kappa shape index (κ3) is 2.73. The summed E-state index contributed by atoms with van der Waals surface area (Å²) in [6.07, 6.45) is 3.75. The fourth-order valence-corrected chi connectivity index (χ4v) is 5.62. The van der Waals surface area contributed by atoms with Gasteiger partial charge in [-0.3, -0.25) is 0 Å². The second-order valence-electron chi connectivity index (χ2n) is 4.53. The van der Waals surface area contributed by atoms with E-state index in [0.29, 0.717) is 0 Å². The summed E-state index contributed by atoms with van der Waals surface area (Å²) >= 11 is 0. The largest absolute Gasteiger partial charge is 0.371 e. The molecule has 0 heterocycles. The van der Waals surface area contributed by atoms with Crippen LogP contribution >= 0.6 is 7.26 Å². The van der Waals surface area contributed by atoms with Crippen LogP contribution in [0.25, 0.3) is 0 Å². The number of nitrogens with two attached hydrogens (primary N) is 1. The van der Waals surface area contributed by atoms with Gasteiger partial charge >= 0.3 is 0 Å². The Hall–Kier alpha value is -0.0300. The van der Waals surface area contributed by atoms with Crippen molar-refractivity contribution in [2.75, 3.05) is 6.66 Å². The molecule has 0 rings (SSSR count). The Bertz CT molecular complexity index is 191. The topological polar surface area (TPSA) is 26.0 Å². The highest BCUT2D eigenvalue weighted by Gasteiger charge is 2.44. The first-order valence-corrected chi connectivity index (χ1v) is 8.09. The number of hydrogen-bond donors (Lipinski definition) is 1. The lowest BCUT2D eigenvalue weighted by molar-refractivity contribution is 0.754. The van der Waals surface area contributed by atoms with Crippen molar-refractivity contribution in [1.29, 1.82) is 0 Å². The summed E-state index contributed by atoms with van der Waals surface area (Å²) in [6, 6.07) is 0. The first-order valence-electron chi connectivity index (χ1n) is 5.71. The first-order chi connectivity index (χ1) is 6.41. The molecule has 0 spiro atoms. The molecular formula is C12H27NP+. The van der Waals surface area contributed by atoms with Crippen LogP contribution in [0.15, 0.2) is 12.0 Å². The van der Waals surface area contributed by atoms with Crippen molar-refractivity contribution >= 4 is 7.26 Å². The molecule has 0 aromatic heterocycles. The lowest BCUT2D eigenvalue weighted by Crippen LogP contribution is -2.23. The molecule has 0 saturated carbocycles. The van der Waals surface area contributed by atoms with Gasteiger partial charge in [-0.25, -0.2) is 0 Å². The Morgan fingerprint density at radius 3 is 2.07 bits per heavy atom. The number of rotatable bonds is 6. The van der Waals surface area contributed by atoms with Crippen LogP contribution in [0.4, 0.5) is 0 Å². The van der Waals surface area contributed by atoms with Crippen molar-refractivity contribution in [3.05, 3.63) is 12.0 Å². The second kappa shape index (κ2) is 5.75. The van der Waals surface area contributed by atoms with Crippen LogP contribution in [0, 0.1) is 0 Å². The normalized spacial score (nSPS) is 19.8. The summed E-state index contributed by atoms with van der Waals surface area (Å²) in [5, 5.41) is 0. The van der Waals surface area contributed by atoms with E-state index in [9.17, 15) is 0 Å². The Kier molecular flexibility index (Phi) is 5.74. The minimum absolute atomic E-state index is 0.724. The molecule has 3 atom stereocenters. The first kappa shape index (κ1) is 14.0. The van der Waals surface area contributed by atoms with E-state index in [2.05, 4.69) is 40.9 Å². The van der Waals surface area contributed by atoms with E-state index < -0.39 is 7.26 Å². The van der Waals surface area contributed by atoms with Crippen molar-refractivity contribution < 1.29 is 0 Å². The Labute approximate surface area is 90.5 Å².